The molecule has 2 aromatic carbocycles. The number of carbonyl (C=O) groups is 2. The summed E-state index contributed by atoms with van der Waals surface area (Å²) >= 11 is 0. The molecule has 7 nitrogen and oxygen atoms in total. The molecule has 0 spiro atoms. The minimum atomic E-state index is -3.96. The largest absolute Gasteiger partial charge is 0.350 e. The molecular weight excluding hydrogens is 445 g/mol. The van der Waals surface area contributed by atoms with Crippen LogP contribution in [0.4, 0.5) is 4.39 Å². The van der Waals surface area contributed by atoms with Crippen LogP contribution >= 0.6 is 0 Å². The van der Waals surface area contributed by atoms with Crippen LogP contribution in [0.5, 0.6) is 0 Å². The Kier molecular flexibility index (Phi) is 7.54. The highest BCUT2D eigenvalue weighted by atomic mass is 32.2. The first-order valence-electron chi connectivity index (χ1n) is 10.9. The quantitative estimate of drug-likeness (QED) is 0.636. The third-order valence-electron chi connectivity index (χ3n) is 5.86. The summed E-state index contributed by atoms with van der Waals surface area (Å²) in [4.78, 5) is 28.1. The molecule has 1 unspecified atom stereocenters. The molecule has 1 N–H and O–H groups in total. The smallest absolute Gasteiger partial charge is 0.247 e. The van der Waals surface area contributed by atoms with Gasteiger partial charge in [0.25, 0.3) is 0 Å². The Morgan fingerprint density at radius 2 is 1.76 bits per heavy atom. The number of hydrogen-bond acceptors (Lipinski definition) is 4. The van der Waals surface area contributed by atoms with E-state index in [1.807, 2.05) is 13.8 Å². The molecule has 1 heterocycles. The SMILES string of the molecule is CC(C)CCN1C(=O)CN(S(=O)(=O)c2ccccc2)CC1(C)C(=O)NCc1ccc(F)cc1. The third-order valence-corrected chi connectivity index (χ3v) is 7.67. The Labute approximate surface area is 194 Å². The van der Waals surface area contributed by atoms with Crippen molar-refractivity contribution in [3.05, 3.63) is 66.0 Å². The molecule has 1 fully saturated rings. The number of halogens is 1. The summed E-state index contributed by atoms with van der Waals surface area (Å²) in [5, 5.41) is 2.80. The first-order valence-corrected chi connectivity index (χ1v) is 12.4. The normalized spacial score (nSPS) is 19.7. The van der Waals surface area contributed by atoms with E-state index >= 15 is 0 Å². The molecule has 0 bridgehead atoms. The topological polar surface area (TPSA) is 86.8 Å². The van der Waals surface area contributed by atoms with Gasteiger partial charge in [0.15, 0.2) is 0 Å². The van der Waals surface area contributed by atoms with Crippen molar-refractivity contribution in [3.8, 4) is 0 Å². The van der Waals surface area contributed by atoms with Gasteiger partial charge < -0.3 is 10.2 Å². The molecule has 3 rings (SSSR count). The lowest BCUT2D eigenvalue weighted by Gasteiger charge is -2.47. The molecule has 1 aliphatic rings. The van der Waals surface area contributed by atoms with Gasteiger partial charge in [-0.3, -0.25) is 9.59 Å². The van der Waals surface area contributed by atoms with Crippen LogP contribution in [-0.2, 0) is 26.2 Å². The molecule has 178 valence electrons. The van der Waals surface area contributed by atoms with Gasteiger partial charge in [0.05, 0.1) is 11.4 Å². The van der Waals surface area contributed by atoms with E-state index in [9.17, 15) is 22.4 Å². The average Bonchev–Trinajstić information content (AvgIpc) is 2.78. The van der Waals surface area contributed by atoms with E-state index in [-0.39, 0.29) is 30.3 Å². The molecule has 0 aliphatic carbocycles. The highest BCUT2D eigenvalue weighted by molar-refractivity contribution is 7.89. The second-order valence-electron chi connectivity index (χ2n) is 8.90. The molecule has 0 radical (unpaired) electrons. The van der Waals surface area contributed by atoms with Crippen LogP contribution < -0.4 is 5.32 Å². The van der Waals surface area contributed by atoms with Gasteiger partial charge in [-0.25, -0.2) is 12.8 Å². The number of benzene rings is 2. The van der Waals surface area contributed by atoms with Gasteiger partial charge in [0.2, 0.25) is 21.8 Å². The number of amides is 2. The van der Waals surface area contributed by atoms with E-state index in [0.29, 0.717) is 24.4 Å². The Morgan fingerprint density at radius 3 is 2.36 bits per heavy atom. The van der Waals surface area contributed by atoms with Gasteiger partial charge >= 0.3 is 0 Å². The van der Waals surface area contributed by atoms with Crippen molar-refractivity contribution < 1.29 is 22.4 Å². The Morgan fingerprint density at radius 1 is 1.12 bits per heavy atom. The van der Waals surface area contributed by atoms with Crippen molar-refractivity contribution in [2.45, 2.75) is 44.2 Å². The lowest BCUT2D eigenvalue weighted by Crippen LogP contribution is -2.69. The minimum absolute atomic E-state index is 0.0718. The number of piperazine rings is 1. The standard InChI is InChI=1S/C24H30FN3O4S/c1-18(2)13-14-28-22(29)16-27(33(31,32)21-7-5-4-6-8-21)17-24(28,3)23(30)26-15-19-9-11-20(25)12-10-19/h4-12,18H,13-17H2,1-3H3,(H,26,30). The summed E-state index contributed by atoms with van der Waals surface area (Å²) in [6.07, 6.45) is 0.679. The van der Waals surface area contributed by atoms with Crippen LogP contribution in [0.15, 0.2) is 59.5 Å². The number of sulfonamides is 1. The number of hydrogen-bond donors (Lipinski definition) is 1. The van der Waals surface area contributed by atoms with Crippen LogP contribution in [0, 0.1) is 11.7 Å². The molecule has 0 saturated carbocycles. The molecule has 0 aromatic heterocycles. The highest BCUT2D eigenvalue weighted by Crippen LogP contribution is 2.28. The lowest BCUT2D eigenvalue weighted by atomic mass is 9.94. The van der Waals surface area contributed by atoms with Gasteiger partial charge in [0.1, 0.15) is 11.4 Å². The van der Waals surface area contributed by atoms with Crippen molar-refractivity contribution in [2.75, 3.05) is 19.6 Å². The fourth-order valence-corrected chi connectivity index (χ4v) is 5.34. The van der Waals surface area contributed by atoms with Crippen molar-refractivity contribution >= 4 is 21.8 Å². The molecule has 33 heavy (non-hydrogen) atoms. The maximum atomic E-state index is 13.4. The molecule has 1 atom stereocenters. The second kappa shape index (κ2) is 10.0. The van der Waals surface area contributed by atoms with Crippen molar-refractivity contribution in [3.63, 3.8) is 0 Å². The zero-order valence-electron chi connectivity index (χ0n) is 19.1. The number of nitrogens with one attached hydrogen (secondary N) is 1. The van der Waals surface area contributed by atoms with Crippen LogP contribution in [0.2, 0.25) is 0 Å². The molecular formula is C24H30FN3O4S. The fourth-order valence-electron chi connectivity index (χ4n) is 3.84. The van der Waals surface area contributed by atoms with Crippen LogP contribution in [0.3, 0.4) is 0 Å². The van der Waals surface area contributed by atoms with Gasteiger partial charge in [-0.05, 0) is 49.1 Å². The molecule has 9 heteroatoms. The highest BCUT2D eigenvalue weighted by Gasteiger charge is 2.50. The maximum Gasteiger partial charge on any atom is 0.247 e. The van der Waals surface area contributed by atoms with E-state index in [0.717, 1.165) is 4.31 Å². The summed E-state index contributed by atoms with van der Waals surface area (Å²) in [5.74, 6) is -0.954. The number of nitrogens with zero attached hydrogens (tertiary/aromatic N) is 2. The zero-order valence-corrected chi connectivity index (χ0v) is 19.9. The molecule has 1 saturated heterocycles. The monoisotopic (exact) mass is 475 g/mol. The second-order valence-corrected chi connectivity index (χ2v) is 10.8. The summed E-state index contributed by atoms with van der Waals surface area (Å²) in [5.41, 5.74) is -0.704. The minimum Gasteiger partial charge on any atom is -0.350 e. The van der Waals surface area contributed by atoms with Crippen molar-refractivity contribution in [1.82, 2.24) is 14.5 Å². The summed E-state index contributed by atoms with van der Waals surface area (Å²) < 4.78 is 40.7. The number of rotatable bonds is 8. The van der Waals surface area contributed by atoms with Gasteiger partial charge in [-0.1, -0.05) is 44.2 Å². The van der Waals surface area contributed by atoms with Crippen molar-refractivity contribution in [1.29, 1.82) is 0 Å². The maximum absolute atomic E-state index is 13.4. The van der Waals surface area contributed by atoms with E-state index in [1.54, 1.807) is 37.3 Å². The summed E-state index contributed by atoms with van der Waals surface area (Å²) in [7, 11) is -3.96. The first-order chi connectivity index (χ1) is 15.5. The Balaban J connectivity index is 1.88. The van der Waals surface area contributed by atoms with E-state index in [2.05, 4.69) is 5.32 Å². The lowest BCUT2D eigenvalue weighted by molar-refractivity contribution is -0.153. The van der Waals surface area contributed by atoms with Gasteiger partial charge in [-0.2, -0.15) is 4.31 Å². The summed E-state index contributed by atoms with van der Waals surface area (Å²) in [6, 6.07) is 13.6. The molecule has 2 amide bonds. The van der Waals surface area contributed by atoms with Crippen LogP contribution in [0.25, 0.3) is 0 Å². The van der Waals surface area contributed by atoms with Gasteiger partial charge in [-0.15, -0.1) is 0 Å². The van der Waals surface area contributed by atoms with Crippen LogP contribution in [-0.4, -0.2) is 54.6 Å². The predicted molar refractivity (Wildman–Crippen MR) is 123 cm³/mol. The molecule has 1 aliphatic heterocycles. The molecule has 2 aromatic rings. The van der Waals surface area contributed by atoms with Crippen LogP contribution in [0.1, 0.15) is 32.8 Å². The van der Waals surface area contributed by atoms with Crippen molar-refractivity contribution in [2.24, 2.45) is 5.92 Å². The first kappa shape index (κ1) is 24.9. The fraction of sp³-hybridized carbons (Fsp3) is 0.417. The third kappa shape index (κ3) is 5.59. The predicted octanol–water partition coefficient (Wildman–Crippen LogP) is 2.78. The summed E-state index contributed by atoms with van der Waals surface area (Å²) in [6.45, 7) is 5.62. The Bertz CT molecular complexity index is 1090. The number of carbonyl (C=O) groups excluding carboxylic acids is 2. The Hall–Kier alpha value is -2.78. The van der Waals surface area contributed by atoms with E-state index in [4.69, 9.17) is 0 Å². The zero-order chi connectivity index (χ0) is 24.2. The van der Waals surface area contributed by atoms with Gasteiger partial charge in [0, 0.05) is 19.6 Å². The van der Waals surface area contributed by atoms with E-state index < -0.39 is 27.4 Å². The average molecular weight is 476 g/mol. The van der Waals surface area contributed by atoms with E-state index in [1.165, 1.54) is 29.2 Å².